The summed E-state index contributed by atoms with van der Waals surface area (Å²) in [7, 11) is 0. The number of unbranched alkanes of at least 4 members (excludes halogenated alkanes) is 1. The summed E-state index contributed by atoms with van der Waals surface area (Å²) in [6.45, 7) is 2.48. The number of phenolic OH excluding ortho intramolecular Hbond substituents is 1. The maximum Gasteiger partial charge on any atom is 0.308 e. The van der Waals surface area contributed by atoms with Crippen LogP contribution in [0.5, 0.6) is 5.75 Å². The molecule has 2 N–H and O–H groups in total. The van der Waals surface area contributed by atoms with E-state index in [9.17, 15) is 9.90 Å². The van der Waals surface area contributed by atoms with Crippen LogP contribution in [0.4, 0.5) is 5.69 Å². The molecule has 0 aliphatic rings. The van der Waals surface area contributed by atoms with Crippen LogP contribution in [-0.2, 0) is 9.53 Å². The average Bonchev–Trinajstić information content (AvgIpc) is 2.57. The van der Waals surface area contributed by atoms with Gasteiger partial charge in [-0.1, -0.05) is 49.2 Å². The van der Waals surface area contributed by atoms with Crippen molar-refractivity contribution in [3.8, 4) is 5.75 Å². The number of hydrogen-bond acceptors (Lipinski definition) is 4. The Bertz CT molecular complexity index is 658. The quantitative estimate of drug-likeness (QED) is 0.403. The van der Waals surface area contributed by atoms with Crippen LogP contribution in [0.15, 0.2) is 48.5 Å². The minimum Gasteiger partial charge on any atom is -0.506 e. The van der Waals surface area contributed by atoms with E-state index in [-0.39, 0.29) is 24.2 Å². The van der Waals surface area contributed by atoms with Gasteiger partial charge in [-0.05, 0) is 36.2 Å². The molecule has 5 heteroatoms. The topological polar surface area (TPSA) is 58.6 Å². The van der Waals surface area contributed by atoms with E-state index in [4.69, 9.17) is 16.3 Å². The summed E-state index contributed by atoms with van der Waals surface area (Å²) < 4.78 is 5.26. The highest BCUT2D eigenvalue weighted by atomic mass is 35.5. The zero-order chi connectivity index (χ0) is 17.4. The van der Waals surface area contributed by atoms with Crippen molar-refractivity contribution in [3.63, 3.8) is 0 Å². The second-order valence-corrected chi connectivity index (χ2v) is 5.98. The summed E-state index contributed by atoms with van der Waals surface area (Å²) in [5.74, 6) is -0.137. The maximum atomic E-state index is 12.1. The molecule has 24 heavy (non-hydrogen) atoms. The Morgan fingerprint density at radius 2 is 1.92 bits per heavy atom. The summed E-state index contributed by atoms with van der Waals surface area (Å²) >= 11 is 5.94. The lowest BCUT2D eigenvalue weighted by Gasteiger charge is -2.20. The van der Waals surface area contributed by atoms with Crippen LogP contribution in [0, 0.1) is 0 Å². The SMILES string of the molecule is CCCCOC(=O)CC(Nc1ccccc1O)c1ccc(Cl)cc1. The van der Waals surface area contributed by atoms with Crippen LogP contribution in [0.2, 0.25) is 5.02 Å². The number of carbonyl (C=O) groups is 1. The van der Waals surface area contributed by atoms with E-state index in [2.05, 4.69) is 5.32 Å². The van der Waals surface area contributed by atoms with E-state index in [0.717, 1.165) is 18.4 Å². The van der Waals surface area contributed by atoms with Crippen LogP contribution in [0.25, 0.3) is 0 Å². The number of benzene rings is 2. The van der Waals surface area contributed by atoms with E-state index < -0.39 is 0 Å². The lowest BCUT2D eigenvalue weighted by Crippen LogP contribution is -2.17. The van der Waals surface area contributed by atoms with Crippen LogP contribution >= 0.6 is 11.6 Å². The van der Waals surface area contributed by atoms with Gasteiger partial charge in [0.05, 0.1) is 24.8 Å². The van der Waals surface area contributed by atoms with E-state index in [0.29, 0.717) is 17.3 Å². The Balaban J connectivity index is 2.13. The molecule has 0 saturated carbocycles. The number of aromatic hydroxyl groups is 1. The molecule has 1 atom stereocenters. The fourth-order valence-electron chi connectivity index (χ4n) is 2.29. The molecule has 0 bridgehead atoms. The molecular formula is C19H22ClNO3. The maximum absolute atomic E-state index is 12.1. The summed E-state index contributed by atoms with van der Waals surface area (Å²) in [5.41, 5.74) is 1.47. The molecule has 0 saturated heterocycles. The molecule has 0 aliphatic heterocycles. The number of nitrogens with one attached hydrogen (secondary N) is 1. The van der Waals surface area contributed by atoms with Crippen LogP contribution in [0.3, 0.4) is 0 Å². The fourth-order valence-corrected chi connectivity index (χ4v) is 2.41. The first-order chi connectivity index (χ1) is 11.6. The van der Waals surface area contributed by atoms with E-state index in [1.807, 2.05) is 25.1 Å². The van der Waals surface area contributed by atoms with Crippen molar-refractivity contribution in [2.24, 2.45) is 0 Å². The van der Waals surface area contributed by atoms with Gasteiger partial charge in [-0.3, -0.25) is 4.79 Å². The molecular weight excluding hydrogens is 326 g/mol. The number of phenols is 1. The number of hydrogen-bond donors (Lipinski definition) is 2. The molecule has 2 rings (SSSR count). The second-order valence-electron chi connectivity index (χ2n) is 5.54. The fraction of sp³-hybridized carbons (Fsp3) is 0.316. The zero-order valence-corrected chi connectivity index (χ0v) is 14.4. The predicted octanol–water partition coefficient (Wildman–Crippen LogP) is 4.93. The molecule has 0 fully saturated rings. The lowest BCUT2D eigenvalue weighted by atomic mass is 10.0. The molecule has 0 amide bonds. The third-order valence-electron chi connectivity index (χ3n) is 3.64. The molecule has 2 aromatic carbocycles. The lowest BCUT2D eigenvalue weighted by molar-refractivity contribution is -0.144. The van der Waals surface area contributed by atoms with E-state index in [1.54, 1.807) is 30.3 Å². The van der Waals surface area contributed by atoms with Gasteiger partial charge in [-0.2, -0.15) is 0 Å². The summed E-state index contributed by atoms with van der Waals surface area (Å²) in [6, 6.07) is 13.9. The Kier molecular flexibility index (Phi) is 6.94. The first kappa shape index (κ1) is 18.1. The van der Waals surface area contributed by atoms with Gasteiger partial charge in [-0.15, -0.1) is 0 Å². The molecule has 128 valence electrons. The third-order valence-corrected chi connectivity index (χ3v) is 3.89. The molecule has 0 aliphatic carbocycles. The van der Waals surface area contributed by atoms with Crippen molar-refractivity contribution < 1.29 is 14.6 Å². The number of para-hydroxylation sites is 2. The van der Waals surface area contributed by atoms with Gasteiger partial charge in [-0.25, -0.2) is 0 Å². The Labute approximate surface area is 147 Å². The van der Waals surface area contributed by atoms with Gasteiger partial charge >= 0.3 is 5.97 Å². The summed E-state index contributed by atoms with van der Waals surface area (Å²) in [4.78, 5) is 12.1. The molecule has 4 nitrogen and oxygen atoms in total. The van der Waals surface area contributed by atoms with Gasteiger partial charge in [0.2, 0.25) is 0 Å². The van der Waals surface area contributed by atoms with Crippen molar-refractivity contribution in [1.82, 2.24) is 0 Å². The molecule has 0 radical (unpaired) electrons. The standard InChI is InChI=1S/C19H22ClNO3/c1-2-3-12-24-19(23)13-17(14-8-10-15(20)11-9-14)21-16-6-4-5-7-18(16)22/h4-11,17,21-22H,2-3,12-13H2,1H3. The first-order valence-corrected chi connectivity index (χ1v) is 8.43. The smallest absolute Gasteiger partial charge is 0.308 e. The van der Waals surface area contributed by atoms with Crippen molar-refractivity contribution in [1.29, 1.82) is 0 Å². The Hall–Kier alpha value is -2.20. The van der Waals surface area contributed by atoms with Crippen LogP contribution in [0.1, 0.15) is 37.8 Å². The van der Waals surface area contributed by atoms with Crippen molar-refractivity contribution in [2.45, 2.75) is 32.2 Å². The van der Waals surface area contributed by atoms with Crippen LogP contribution < -0.4 is 5.32 Å². The highest BCUT2D eigenvalue weighted by Crippen LogP contribution is 2.29. The monoisotopic (exact) mass is 347 g/mol. The minimum absolute atomic E-state index is 0.135. The van der Waals surface area contributed by atoms with Gasteiger partial charge in [0.25, 0.3) is 0 Å². The number of ether oxygens (including phenoxy) is 1. The molecule has 1 unspecified atom stereocenters. The number of halogens is 1. The number of carbonyl (C=O) groups excluding carboxylic acids is 1. The highest BCUT2D eigenvalue weighted by molar-refractivity contribution is 6.30. The van der Waals surface area contributed by atoms with Crippen molar-refractivity contribution in [3.05, 3.63) is 59.1 Å². The van der Waals surface area contributed by atoms with Gasteiger partial charge in [0.1, 0.15) is 5.75 Å². The predicted molar refractivity (Wildman–Crippen MR) is 96.4 cm³/mol. The number of rotatable bonds is 8. The Morgan fingerprint density at radius 3 is 2.58 bits per heavy atom. The highest BCUT2D eigenvalue weighted by Gasteiger charge is 2.18. The number of esters is 1. The van der Waals surface area contributed by atoms with Crippen LogP contribution in [-0.4, -0.2) is 17.7 Å². The van der Waals surface area contributed by atoms with Gasteiger partial charge in [0.15, 0.2) is 0 Å². The normalized spacial score (nSPS) is 11.8. The second kappa shape index (κ2) is 9.18. The molecule has 0 aromatic heterocycles. The average molecular weight is 348 g/mol. The van der Waals surface area contributed by atoms with E-state index >= 15 is 0 Å². The molecule has 2 aromatic rings. The Morgan fingerprint density at radius 1 is 1.21 bits per heavy atom. The summed E-state index contributed by atoms with van der Waals surface area (Å²) in [6.07, 6.45) is 1.99. The minimum atomic E-state index is -0.315. The van der Waals surface area contributed by atoms with Gasteiger partial charge in [0, 0.05) is 5.02 Å². The zero-order valence-electron chi connectivity index (χ0n) is 13.7. The third kappa shape index (κ3) is 5.46. The van der Waals surface area contributed by atoms with Gasteiger partial charge < -0.3 is 15.2 Å². The van der Waals surface area contributed by atoms with E-state index in [1.165, 1.54) is 0 Å². The van der Waals surface area contributed by atoms with Crippen molar-refractivity contribution in [2.75, 3.05) is 11.9 Å². The van der Waals surface area contributed by atoms with Crippen molar-refractivity contribution >= 4 is 23.3 Å². The number of anilines is 1. The largest absolute Gasteiger partial charge is 0.506 e. The summed E-state index contributed by atoms with van der Waals surface area (Å²) in [5, 5.41) is 13.8. The molecule has 0 heterocycles. The molecule has 0 spiro atoms. The first-order valence-electron chi connectivity index (χ1n) is 8.05.